The lowest BCUT2D eigenvalue weighted by molar-refractivity contribution is -0.128. The Labute approximate surface area is 165 Å². The predicted octanol–water partition coefficient (Wildman–Crippen LogP) is 2.27. The molecule has 1 N–H and O–H groups in total. The molecule has 0 unspecified atom stereocenters. The number of anilines is 2. The average molecular weight is 392 g/mol. The maximum absolute atomic E-state index is 12.8. The molecule has 9 heteroatoms. The van der Waals surface area contributed by atoms with Crippen LogP contribution in [0.2, 0.25) is 0 Å². The number of para-hydroxylation sites is 2. The van der Waals surface area contributed by atoms with Crippen molar-refractivity contribution in [3.8, 4) is 11.5 Å². The topological polar surface area (TPSA) is 115 Å². The summed E-state index contributed by atoms with van der Waals surface area (Å²) in [6, 6.07) is 13.3. The lowest BCUT2D eigenvalue weighted by Crippen LogP contribution is -2.47. The van der Waals surface area contributed by atoms with Crippen LogP contribution in [0.5, 0.6) is 0 Å². The normalized spacial score (nSPS) is 14.0. The minimum Gasteiger partial charge on any atom is -0.449 e. The number of carbonyl (C=O) groups is 3. The summed E-state index contributed by atoms with van der Waals surface area (Å²) in [7, 11) is 0. The van der Waals surface area contributed by atoms with E-state index in [0.29, 0.717) is 22.8 Å². The molecular weight excluding hydrogens is 376 g/mol. The van der Waals surface area contributed by atoms with Gasteiger partial charge >= 0.3 is 5.97 Å². The number of amides is 2. The summed E-state index contributed by atoms with van der Waals surface area (Å²) in [5.41, 5.74) is 2.01. The predicted molar refractivity (Wildman–Crippen MR) is 102 cm³/mol. The molecule has 146 valence electrons. The Morgan fingerprint density at radius 2 is 1.93 bits per heavy atom. The fourth-order valence-corrected chi connectivity index (χ4v) is 2.98. The number of hydrogen-bond acceptors (Lipinski definition) is 7. The summed E-state index contributed by atoms with van der Waals surface area (Å²) in [4.78, 5) is 38.5. The highest BCUT2D eigenvalue weighted by molar-refractivity contribution is 6.11. The number of fused-ring (bicyclic) bond motifs is 1. The number of benzene rings is 2. The number of carbonyl (C=O) groups excluding carboxylic acids is 3. The van der Waals surface area contributed by atoms with E-state index in [1.165, 1.54) is 18.2 Å². The number of aromatic nitrogens is 2. The van der Waals surface area contributed by atoms with E-state index in [2.05, 4.69) is 15.5 Å². The summed E-state index contributed by atoms with van der Waals surface area (Å²) in [6.45, 7) is 1.33. The zero-order valence-corrected chi connectivity index (χ0v) is 15.4. The molecule has 2 aromatic carbocycles. The van der Waals surface area contributed by atoms with Gasteiger partial charge in [-0.3, -0.25) is 14.5 Å². The first-order valence-electron chi connectivity index (χ1n) is 8.81. The molecule has 1 aliphatic heterocycles. The number of nitrogens with zero attached hydrogens (tertiary/aromatic N) is 3. The lowest BCUT2D eigenvalue weighted by atomic mass is 10.1. The Morgan fingerprint density at radius 1 is 1.17 bits per heavy atom. The van der Waals surface area contributed by atoms with Crippen molar-refractivity contribution in [2.45, 2.75) is 13.0 Å². The van der Waals surface area contributed by atoms with Crippen molar-refractivity contribution in [3.63, 3.8) is 0 Å². The molecule has 3 aromatic rings. The Kier molecular flexibility index (Phi) is 4.78. The first-order valence-corrected chi connectivity index (χ1v) is 8.81. The van der Waals surface area contributed by atoms with Gasteiger partial charge in [0.05, 0.1) is 16.9 Å². The second-order valence-electron chi connectivity index (χ2n) is 6.36. The van der Waals surface area contributed by atoms with E-state index in [0.717, 1.165) is 0 Å². The van der Waals surface area contributed by atoms with Crippen molar-refractivity contribution in [3.05, 3.63) is 60.5 Å². The van der Waals surface area contributed by atoms with Crippen LogP contribution in [-0.2, 0) is 14.3 Å². The SMILES string of the molecule is C[C@H](OC(=O)c1ccc(-c2nnco2)cc1)C(=O)N1CC(=O)Nc2ccccc21. The number of esters is 1. The standard InChI is InChI=1S/C20H16N4O5/c1-12(19(26)24-10-17(25)22-15-4-2-3-5-16(15)24)29-20(27)14-8-6-13(7-9-14)18-23-21-11-28-18/h2-9,11-12H,10H2,1H3,(H,22,25)/t12-/m0/s1. The third-order valence-corrected chi connectivity index (χ3v) is 4.40. The van der Waals surface area contributed by atoms with Crippen molar-refractivity contribution in [2.24, 2.45) is 0 Å². The number of rotatable bonds is 4. The van der Waals surface area contributed by atoms with Crippen LogP contribution in [0.4, 0.5) is 11.4 Å². The number of nitrogens with one attached hydrogen (secondary N) is 1. The van der Waals surface area contributed by atoms with Crippen LogP contribution < -0.4 is 10.2 Å². The smallest absolute Gasteiger partial charge is 0.338 e. The fourth-order valence-electron chi connectivity index (χ4n) is 2.98. The van der Waals surface area contributed by atoms with Gasteiger partial charge < -0.3 is 14.5 Å². The van der Waals surface area contributed by atoms with Gasteiger partial charge in [-0.1, -0.05) is 12.1 Å². The molecule has 0 spiro atoms. The Hall–Kier alpha value is -4.01. The van der Waals surface area contributed by atoms with E-state index in [1.807, 2.05) is 0 Å². The summed E-state index contributed by atoms with van der Waals surface area (Å²) in [5, 5.41) is 10.1. The number of hydrogen-bond donors (Lipinski definition) is 1. The molecule has 0 fully saturated rings. The van der Waals surface area contributed by atoms with Crippen LogP contribution >= 0.6 is 0 Å². The highest BCUT2D eigenvalue weighted by Gasteiger charge is 2.31. The highest BCUT2D eigenvalue weighted by atomic mass is 16.5. The van der Waals surface area contributed by atoms with E-state index in [9.17, 15) is 14.4 Å². The minimum absolute atomic E-state index is 0.142. The Morgan fingerprint density at radius 3 is 2.66 bits per heavy atom. The van der Waals surface area contributed by atoms with Crippen molar-refractivity contribution >= 4 is 29.2 Å². The van der Waals surface area contributed by atoms with Crippen LogP contribution in [0.25, 0.3) is 11.5 Å². The lowest BCUT2D eigenvalue weighted by Gasteiger charge is -2.30. The maximum Gasteiger partial charge on any atom is 0.338 e. The fraction of sp³-hybridized carbons (Fsp3) is 0.150. The molecule has 2 heterocycles. The molecule has 29 heavy (non-hydrogen) atoms. The molecular formula is C20H16N4O5. The molecule has 1 aromatic heterocycles. The van der Waals surface area contributed by atoms with Gasteiger partial charge in [0.25, 0.3) is 5.91 Å². The van der Waals surface area contributed by atoms with E-state index in [1.54, 1.807) is 48.5 Å². The van der Waals surface area contributed by atoms with Gasteiger partial charge in [-0.05, 0) is 43.3 Å². The molecule has 0 radical (unpaired) electrons. The van der Waals surface area contributed by atoms with Crippen molar-refractivity contribution in [1.29, 1.82) is 0 Å². The zero-order chi connectivity index (χ0) is 20.4. The van der Waals surface area contributed by atoms with E-state index >= 15 is 0 Å². The Balaban J connectivity index is 1.46. The van der Waals surface area contributed by atoms with E-state index in [4.69, 9.17) is 9.15 Å². The van der Waals surface area contributed by atoms with Crippen LogP contribution in [0, 0.1) is 0 Å². The first kappa shape index (κ1) is 18.4. The largest absolute Gasteiger partial charge is 0.449 e. The van der Waals surface area contributed by atoms with Gasteiger partial charge in [-0.15, -0.1) is 10.2 Å². The maximum atomic E-state index is 12.8. The molecule has 1 aliphatic rings. The highest BCUT2D eigenvalue weighted by Crippen LogP contribution is 2.29. The van der Waals surface area contributed by atoms with Crippen LogP contribution in [0.15, 0.2) is 59.3 Å². The van der Waals surface area contributed by atoms with Crippen molar-refractivity contribution < 1.29 is 23.5 Å². The van der Waals surface area contributed by atoms with E-state index in [-0.39, 0.29) is 18.0 Å². The number of ether oxygens (including phenoxy) is 1. The average Bonchev–Trinajstić information content (AvgIpc) is 3.27. The monoisotopic (exact) mass is 392 g/mol. The van der Waals surface area contributed by atoms with Crippen LogP contribution in [0.1, 0.15) is 17.3 Å². The van der Waals surface area contributed by atoms with Gasteiger partial charge in [0.15, 0.2) is 6.10 Å². The molecule has 0 saturated heterocycles. The molecule has 1 atom stereocenters. The van der Waals surface area contributed by atoms with Crippen molar-refractivity contribution in [2.75, 3.05) is 16.8 Å². The second-order valence-corrected chi connectivity index (χ2v) is 6.36. The minimum atomic E-state index is -1.07. The van der Waals surface area contributed by atoms with Crippen molar-refractivity contribution in [1.82, 2.24) is 10.2 Å². The molecule has 4 rings (SSSR count). The zero-order valence-electron chi connectivity index (χ0n) is 15.4. The molecule has 0 bridgehead atoms. The Bertz CT molecular complexity index is 1060. The third-order valence-electron chi connectivity index (χ3n) is 4.40. The third kappa shape index (κ3) is 3.70. The summed E-state index contributed by atoms with van der Waals surface area (Å²) in [5.74, 6) is -1.12. The first-order chi connectivity index (χ1) is 14.0. The quantitative estimate of drug-likeness (QED) is 0.677. The van der Waals surface area contributed by atoms with Gasteiger partial charge in [-0.25, -0.2) is 4.79 Å². The molecule has 0 aliphatic carbocycles. The van der Waals surface area contributed by atoms with Gasteiger partial charge in [0.1, 0.15) is 6.54 Å². The van der Waals surface area contributed by atoms with Gasteiger partial charge in [0, 0.05) is 5.56 Å². The second kappa shape index (κ2) is 7.55. The van der Waals surface area contributed by atoms with Gasteiger partial charge in [0.2, 0.25) is 18.2 Å². The van der Waals surface area contributed by atoms with Crippen LogP contribution in [0.3, 0.4) is 0 Å². The molecule has 0 saturated carbocycles. The van der Waals surface area contributed by atoms with Crippen LogP contribution in [-0.4, -0.2) is 40.6 Å². The summed E-state index contributed by atoms with van der Waals surface area (Å²) in [6.07, 6.45) is 0.140. The summed E-state index contributed by atoms with van der Waals surface area (Å²) < 4.78 is 10.4. The van der Waals surface area contributed by atoms with E-state index < -0.39 is 18.0 Å². The van der Waals surface area contributed by atoms with Gasteiger partial charge in [-0.2, -0.15) is 0 Å². The molecule has 9 nitrogen and oxygen atoms in total. The summed E-state index contributed by atoms with van der Waals surface area (Å²) >= 11 is 0. The molecule has 2 amide bonds.